The quantitative estimate of drug-likeness (QED) is 0.687. The molecule has 1 fully saturated rings. The Morgan fingerprint density at radius 1 is 1.37 bits per heavy atom. The van der Waals surface area contributed by atoms with Gasteiger partial charge in [-0.15, -0.1) is 0 Å². The molecular formula is C13H23NO5. The summed E-state index contributed by atoms with van der Waals surface area (Å²) in [5.41, 5.74) is 0. The highest BCUT2D eigenvalue weighted by atomic mass is 16.5. The predicted molar refractivity (Wildman–Crippen MR) is 68.9 cm³/mol. The van der Waals surface area contributed by atoms with Crippen molar-refractivity contribution in [3.05, 3.63) is 0 Å². The van der Waals surface area contributed by atoms with Crippen LogP contribution in [0.4, 0.5) is 0 Å². The number of ether oxygens (including phenoxy) is 2. The molecule has 2 unspecified atom stereocenters. The van der Waals surface area contributed by atoms with Gasteiger partial charge in [0.2, 0.25) is 5.91 Å². The van der Waals surface area contributed by atoms with E-state index in [1.54, 1.807) is 0 Å². The largest absolute Gasteiger partial charge is 0.480 e. The van der Waals surface area contributed by atoms with Crippen LogP contribution in [0.2, 0.25) is 0 Å². The molecule has 1 aliphatic carbocycles. The normalized spacial score (nSPS) is 19.1. The van der Waals surface area contributed by atoms with Crippen molar-refractivity contribution in [2.45, 2.75) is 57.3 Å². The average molecular weight is 273 g/mol. The predicted octanol–water partition coefficient (Wildman–Crippen LogP) is 0.940. The highest BCUT2D eigenvalue weighted by molar-refractivity contribution is 5.86. The second-order valence-corrected chi connectivity index (χ2v) is 4.79. The molecule has 1 saturated carbocycles. The van der Waals surface area contributed by atoms with Gasteiger partial charge in [-0.1, -0.05) is 19.8 Å². The third-order valence-electron chi connectivity index (χ3n) is 3.27. The fraction of sp³-hybridized carbons (Fsp3) is 0.846. The molecule has 6 heteroatoms. The van der Waals surface area contributed by atoms with Crippen LogP contribution in [-0.4, -0.2) is 48.9 Å². The summed E-state index contributed by atoms with van der Waals surface area (Å²) in [6.45, 7) is 1.80. The summed E-state index contributed by atoms with van der Waals surface area (Å²) in [5.74, 6) is -1.48. The van der Waals surface area contributed by atoms with Crippen molar-refractivity contribution < 1.29 is 24.2 Å². The number of carbonyl (C=O) groups is 2. The molecular weight excluding hydrogens is 250 g/mol. The van der Waals surface area contributed by atoms with Gasteiger partial charge in [-0.2, -0.15) is 0 Å². The summed E-state index contributed by atoms with van der Waals surface area (Å²) in [7, 11) is 1.40. The highest BCUT2D eigenvalue weighted by Gasteiger charge is 2.27. The van der Waals surface area contributed by atoms with Crippen molar-refractivity contribution in [1.82, 2.24) is 5.32 Å². The molecule has 0 bridgehead atoms. The molecule has 0 aliphatic heterocycles. The molecule has 1 amide bonds. The van der Waals surface area contributed by atoms with Gasteiger partial charge in [0.25, 0.3) is 0 Å². The smallest absolute Gasteiger partial charge is 0.328 e. The number of aliphatic carboxylic acids is 1. The first-order chi connectivity index (χ1) is 9.08. The maximum absolute atomic E-state index is 12.0. The van der Waals surface area contributed by atoms with E-state index in [0.717, 1.165) is 25.7 Å². The Kier molecular flexibility index (Phi) is 6.80. The summed E-state index contributed by atoms with van der Waals surface area (Å²) < 4.78 is 10.5. The SMILES string of the molecule is CCC(OC1CCCC1)C(=O)NC(COC)C(=O)O. The molecule has 1 aliphatic rings. The van der Waals surface area contributed by atoms with Crippen LogP contribution in [0.5, 0.6) is 0 Å². The van der Waals surface area contributed by atoms with Crippen molar-refractivity contribution in [1.29, 1.82) is 0 Å². The number of amides is 1. The van der Waals surface area contributed by atoms with Crippen LogP contribution < -0.4 is 5.32 Å². The van der Waals surface area contributed by atoms with Gasteiger partial charge in [0, 0.05) is 7.11 Å². The zero-order chi connectivity index (χ0) is 14.3. The Labute approximate surface area is 113 Å². The third-order valence-corrected chi connectivity index (χ3v) is 3.27. The molecule has 2 N–H and O–H groups in total. The number of carboxylic acids is 1. The number of hydrogen-bond donors (Lipinski definition) is 2. The molecule has 110 valence electrons. The van der Waals surface area contributed by atoms with Gasteiger partial charge in [-0.25, -0.2) is 4.79 Å². The maximum atomic E-state index is 12.0. The van der Waals surface area contributed by atoms with Gasteiger partial charge < -0.3 is 19.9 Å². The molecule has 0 spiro atoms. The first kappa shape index (κ1) is 15.9. The van der Waals surface area contributed by atoms with Gasteiger partial charge in [0.1, 0.15) is 6.10 Å². The number of carbonyl (C=O) groups excluding carboxylic acids is 1. The summed E-state index contributed by atoms with van der Waals surface area (Å²) >= 11 is 0. The number of carboxylic acid groups (broad SMARTS) is 1. The summed E-state index contributed by atoms with van der Waals surface area (Å²) in [5, 5.41) is 11.4. The number of methoxy groups -OCH3 is 1. The fourth-order valence-electron chi connectivity index (χ4n) is 2.21. The molecule has 0 aromatic rings. The van der Waals surface area contributed by atoms with Crippen LogP contribution in [0.1, 0.15) is 39.0 Å². The Morgan fingerprint density at radius 3 is 2.47 bits per heavy atom. The lowest BCUT2D eigenvalue weighted by atomic mass is 10.2. The molecule has 0 aromatic heterocycles. The topological polar surface area (TPSA) is 84.9 Å². The van der Waals surface area contributed by atoms with Crippen LogP contribution >= 0.6 is 0 Å². The summed E-state index contributed by atoms with van der Waals surface area (Å²) in [6.07, 6.45) is 4.29. The van der Waals surface area contributed by atoms with E-state index < -0.39 is 18.1 Å². The van der Waals surface area contributed by atoms with Crippen molar-refractivity contribution in [2.75, 3.05) is 13.7 Å². The molecule has 0 aromatic carbocycles. The lowest BCUT2D eigenvalue weighted by Crippen LogP contribution is -2.48. The van der Waals surface area contributed by atoms with Gasteiger partial charge in [-0.3, -0.25) is 4.79 Å². The summed E-state index contributed by atoms with van der Waals surface area (Å²) in [6, 6.07) is -1.03. The minimum absolute atomic E-state index is 0.0546. The van der Waals surface area contributed by atoms with Crippen LogP contribution in [0.3, 0.4) is 0 Å². The standard InChI is InChI=1S/C13H23NO5/c1-3-11(19-9-6-4-5-7-9)12(15)14-10(8-18-2)13(16)17/h9-11H,3-8H2,1-2H3,(H,14,15)(H,16,17). The summed E-state index contributed by atoms with van der Waals surface area (Å²) in [4.78, 5) is 22.9. The molecule has 19 heavy (non-hydrogen) atoms. The van der Waals surface area contributed by atoms with E-state index in [2.05, 4.69) is 5.32 Å². The average Bonchev–Trinajstić information content (AvgIpc) is 2.87. The minimum Gasteiger partial charge on any atom is -0.480 e. The van der Waals surface area contributed by atoms with Crippen molar-refractivity contribution in [2.24, 2.45) is 0 Å². The Bertz CT molecular complexity index is 301. The van der Waals surface area contributed by atoms with Gasteiger partial charge in [-0.05, 0) is 19.3 Å². The van der Waals surface area contributed by atoms with E-state index in [4.69, 9.17) is 14.6 Å². The number of rotatable bonds is 8. The van der Waals surface area contributed by atoms with E-state index in [1.165, 1.54) is 7.11 Å². The molecule has 0 heterocycles. The van der Waals surface area contributed by atoms with Crippen molar-refractivity contribution in [3.63, 3.8) is 0 Å². The second kappa shape index (κ2) is 8.12. The van der Waals surface area contributed by atoms with Gasteiger partial charge in [0.05, 0.1) is 12.7 Å². The zero-order valence-electron chi connectivity index (χ0n) is 11.6. The van der Waals surface area contributed by atoms with E-state index >= 15 is 0 Å². The van der Waals surface area contributed by atoms with Crippen LogP contribution in [0, 0.1) is 0 Å². The maximum Gasteiger partial charge on any atom is 0.328 e. The third kappa shape index (κ3) is 5.16. The second-order valence-electron chi connectivity index (χ2n) is 4.79. The molecule has 0 saturated heterocycles. The Balaban J connectivity index is 2.49. The molecule has 0 radical (unpaired) electrons. The van der Waals surface area contributed by atoms with Crippen molar-refractivity contribution >= 4 is 11.9 Å². The van der Waals surface area contributed by atoms with Crippen LogP contribution in [0.25, 0.3) is 0 Å². The van der Waals surface area contributed by atoms with Gasteiger partial charge >= 0.3 is 5.97 Å². The Morgan fingerprint density at radius 2 is 2.00 bits per heavy atom. The minimum atomic E-state index is -1.11. The molecule has 1 rings (SSSR count). The Hall–Kier alpha value is -1.14. The monoisotopic (exact) mass is 273 g/mol. The zero-order valence-corrected chi connectivity index (χ0v) is 11.6. The van der Waals surface area contributed by atoms with E-state index in [0.29, 0.717) is 6.42 Å². The van der Waals surface area contributed by atoms with E-state index in [1.807, 2.05) is 6.92 Å². The lowest BCUT2D eigenvalue weighted by molar-refractivity contribution is -0.147. The number of nitrogens with one attached hydrogen (secondary N) is 1. The first-order valence-corrected chi connectivity index (χ1v) is 6.76. The highest BCUT2D eigenvalue weighted by Crippen LogP contribution is 2.22. The van der Waals surface area contributed by atoms with Crippen molar-refractivity contribution in [3.8, 4) is 0 Å². The van der Waals surface area contributed by atoms with Crippen LogP contribution in [0.15, 0.2) is 0 Å². The fourth-order valence-corrected chi connectivity index (χ4v) is 2.21. The van der Waals surface area contributed by atoms with Gasteiger partial charge in [0.15, 0.2) is 6.04 Å². The first-order valence-electron chi connectivity index (χ1n) is 6.76. The number of hydrogen-bond acceptors (Lipinski definition) is 4. The van der Waals surface area contributed by atoms with E-state index in [-0.39, 0.29) is 18.6 Å². The molecule has 6 nitrogen and oxygen atoms in total. The lowest BCUT2D eigenvalue weighted by Gasteiger charge is -2.22. The van der Waals surface area contributed by atoms with E-state index in [9.17, 15) is 9.59 Å². The van der Waals surface area contributed by atoms with Crippen LogP contribution in [-0.2, 0) is 19.1 Å². The molecule has 2 atom stereocenters.